The van der Waals surface area contributed by atoms with Gasteiger partial charge >= 0.3 is 12.1 Å². The molecular weight excluding hydrogens is 435 g/mol. The number of hydrogen-bond acceptors (Lipinski definition) is 4. The van der Waals surface area contributed by atoms with Gasteiger partial charge in [-0.2, -0.15) is 13.2 Å². The fraction of sp³-hybridized carbons (Fsp3) is 0.333. The molecule has 0 aromatic heterocycles. The van der Waals surface area contributed by atoms with Gasteiger partial charge in [0.1, 0.15) is 5.92 Å². The molecule has 30 heavy (non-hydrogen) atoms. The van der Waals surface area contributed by atoms with Crippen molar-refractivity contribution in [2.75, 3.05) is 16.4 Å². The Balaban J connectivity index is 1.84. The lowest BCUT2D eigenvalue weighted by molar-refractivity contribution is -0.144. The zero-order valence-electron chi connectivity index (χ0n) is 15.6. The fourth-order valence-electron chi connectivity index (χ4n) is 4.13. The summed E-state index contributed by atoms with van der Waals surface area (Å²) in [7, 11) is 0. The van der Waals surface area contributed by atoms with Crippen LogP contribution in [0.3, 0.4) is 0 Å². The van der Waals surface area contributed by atoms with Crippen molar-refractivity contribution < 1.29 is 27.9 Å². The molecular formula is C21H18F3NO3S2. The Bertz CT molecular complexity index is 944. The number of carboxylic acid groups (broad SMARTS) is 1. The third kappa shape index (κ3) is 3.69. The van der Waals surface area contributed by atoms with Crippen LogP contribution in [0.1, 0.15) is 23.6 Å². The largest absolute Gasteiger partial charge is 0.481 e. The van der Waals surface area contributed by atoms with Gasteiger partial charge in [0, 0.05) is 17.2 Å². The van der Waals surface area contributed by atoms with Crippen LogP contribution in [0.25, 0.3) is 0 Å². The Kier molecular flexibility index (Phi) is 5.52. The van der Waals surface area contributed by atoms with Crippen LogP contribution in [-0.2, 0) is 15.8 Å². The molecule has 0 aliphatic carbocycles. The predicted octanol–water partition coefficient (Wildman–Crippen LogP) is 5.06. The van der Waals surface area contributed by atoms with E-state index in [4.69, 9.17) is 0 Å². The minimum atomic E-state index is -4.49. The van der Waals surface area contributed by atoms with E-state index >= 15 is 0 Å². The Hall–Kier alpha value is -2.13. The normalized spacial score (nSPS) is 23.7. The van der Waals surface area contributed by atoms with E-state index in [1.807, 2.05) is 0 Å². The fourth-order valence-corrected chi connectivity index (χ4v) is 7.59. The van der Waals surface area contributed by atoms with E-state index in [1.165, 1.54) is 40.6 Å². The standard InChI is InChI=1S/C21H18F3NO3S2/c22-21(23,24)14-6-8-15(9-7-14)25-16(26)12-20(29-10-11-30-20)17(19(27)28)18(25)13-4-2-1-3-5-13/h1-9,17-18H,10-12H2,(H,27,28)/t17-,18+/m1/s1. The molecule has 2 aromatic carbocycles. The summed E-state index contributed by atoms with van der Waals surface area (Å²) in [6.07, 6.45) is -4.47. The third-order valence-corrected chi connectivity index (χ3v) is 8.95. The van der Waals surface area contributed by atoms with Crippen molar-refractivity contribution in [3.63, 3.8) is 0 Å². The van der Waals surface area contributed by atoms with Gasteiger partial charge in [0.15, 0.2) is 0 Å². The summed E-state index contributed by atoms with van der Waals surface area (Å²) < 4.78 is 38.2. The number of piperidine rings is 1. The first kappa shape index (κ1) is 21.1. The lowest BCUT2D eigenvalue weighted by atomic mass is 9.82. The second kappa shape index (κ2) is 7.85. The maximum absolute atomic E-state index is 13.3. The molecule has 1 N–H and O–H groups in total. The number of alkyl halides is 3. The van der Waals surface area contributed by atoms with Gasteiger partial charge in [-0.05, 0) is 29.8 Å². The number of amides is 1. The Labute approximate surface area is 179 Å². The van der Waals surface area contributed by atoms with Gasteiger partial charge in [-0.15, -0.1) is 23.5 Å². The van der Waals surface area contributed by atoms with E-state index in [0.29, 0.717) is 5.56 Å². The van der Waals surface area contributed by atoms with Crippen molar-refractivity contribution in [1.82, 2.24) is 0 Å². The van der Waals surface area contributed by atoms with Gasteiger partial charge in [-0.3, -0.25) is 9.59 Å². The number of carboxylic acids is 1. The van der Waals surface area contributed by atoms with Gasteiger partial charge in [-0.25, -0.2) is 0 Å². The number of nitrogens with zero attached hydrogens (tertiary/aromatic N) is 1. The first-order valence-electron chi connectivity index (χ1n) is 9.28. The van der Waals surface area contributed by atoms with Crippen LogP contribution in [0.15, 0.2) is 54.6 Å². The van der Waals surface area contributed by atoms with Crippen molar-refractivity contribution in [1.29, 1.82) is 0 Å². The Morgan fingerprint density at radius 1 is 1.03 bits per heavy atom. The third-order valence-electron chi connectivity index (χ3n) is 5.39. The molecule has 4 rings (SSSR count). The molecule has 2 atom stereocenters. The number of carbonyl (C=O) groups is 2. The second-order valence-corrected chi connectivity index (χ2v) is 10.3. The van der Waals surface area contributed by atoms with Gasteiger partial charge in [0.25, 0.3) is 0 Å². The van der Waals surface area contributed by atoms with Crippen molar-refractivity contribution in [2.45, 2.75) is 22.7 Å². The first-order valence-corrected chi connectivity index (χ1v) is 11.2. The molecule has 1 amide bonds. The van der Waals surface area contributed by atoms with Crippen LogP contribution < -0.4 is 4.90 Å². The van der Waals surface area contributed by atoms with Crippen molar-refractivity contribution in [3.8, 4) is 0 Å². The number of anilines is 1. The highest BCUT2D eigenvalue weighted by Crippen LogP contribution is 2.59. The van der Waals surface area contributed by atoms with Gasteiger partial charge in [-0.1, -0.05) is 30.3 Å². The maximum atomic E-state index is 13.3. The number of carbonyl (C=O) groups excluding carboxylic acids is 1. The van der Waals surface area contributed by atoms with Gasteiger partial charge in [0.2, 0.25) is 5.91 Å². The highest BCUT2D eigenvalue weighted by atomic mass is 32.2. The van der Waals surface area contributed by atoms with Gasteiger partial charge in [0.05, 0.1) is 22.1 Å². The number of hydrogen-bond donors (Lipinski definition) is 1. The van der Waals surface area contributed by atoms with Crippen LogP contribution in [0.5, 0.6) is 0 Å². The van der Waals surface area contributed by atoms with Crippen LogP contribution in [-0.4, -0.2) is 32.6 Å². The van der Waals surface area contributed by atoms with E-state index in [2.05, 4.69) is 0 Å². The van der Waals surface area contributed by atoms with E-state index in [9.17, 15) is 27.9 Å². The summed E-state index contributed by atoms with van der Waals surface area (Å²) in [5.74, 6) is -0.705. The molecule has 0 bridgehead atoms. The monoisotopic (exact) mass is 453 g/mol. The summed E-state index contributed by atoms with van der Waals surface area (Å²) in [6.45, 7) is 0. The minimum Gasteiger partial charge on any atom is -0.481 e. The number of benzene rings is 2. The summed E-state index contributed by atoms with van der Waals surface area (Å²) in [5, 5.41) is 10.2. The topological polar surface area (TPSA) is 57.6 Å². The molecule has 2 fully saturated rings. The van der Waals surface area contributed by atoms with Crippen LogP contribution >= 0.6 is 23.5 Å². The zero-order chi connectivity index (χ0) is 21.5. The summed E-state index contributed by atoms with van der Waals surface area (Å²) >= 11 is 2.99. The Morgan fingerprint density at radius 3 is 2.17 bits per heavy atom. The SMILES string of the molecule is O=C(O)[C@H]1[C@H](c2ccccc2)N(c2ccc(C(F)(F)F)cc2)C(=O)CC12SCCS2. The summed E-state index contributed by atoms with van der Waals surface area (Å²) in [5.41, 5.74) is 0.0846. The number of aliphatic carboxylic acids is 1. The summed E-state index contributed by atoms with van der Waals surface area (Å²) in [6, 6.07) is 12.3. The Morgan fingerprint density at radius 2 is 1.63 bits per heavy atom. The minimum absolute atomic E-state index is 0.0175. The highest BCUT2D eigenvalue weighted by molar-refractivity contribution is 8.21. The van der Waals surface area contributed by atoms with Crippen LogP contribution in [0, 0.1) is 5.92 Å². The molecule has 2 saturated heterocycles. The molecule has 9 heteroatoms. The molecule has 0 unspecified atom stereocenters. The molecule has 0 radical (unpaired) electrons. The average Bonchev–Trinajstić information content (AvgIpc) is 3.15. The lowest BCUT2D eigenvalue weighted by Gasteiger charge is -2.48. The molecule has 4 nitrogen and oxygen atoms in total. The van der Waals surface area contributed by atoms with Crippen LogP contribution in [0.4, 0.5) is 18.9 Å². The predicted molar refractivity (Wildman–Crippen MR) is 112 cm³/mol. The zero-order valence-corrected chi connectivity index (χ0v) is 17.3. The van der Waals surface area contributed by atoms with Crippen molar-refractivity contribution in [2.24, 2.45) is 5.92 Å². The smallest absolute Gasteiger partial charge is 0.416 e. The van der Waals surface area contributed by atoms with Crippen molar-refractivity contribution in [3.05, 3.63) is 65.7 Å². The number of halogens is 3. The molecule has 2 aliphatic rings. The van der Waals surface area contributed by atoms with Gasteiger partial charge < -0.3 is 10.0 Å². The van der Waals surface area contributed by atoms with E-state index < -0.39 is 33.7 Å². The molecule has 2 aliphatic heterocycles. The maximum Gasteiger partial charge on any atom is 0.416 e. The molecule has 1 spiro atoms. The first-order chi connectivity index (χ1) is 14.2. The molecule has 0 saturated carbocycles. The van der Waals surface area contributed by atoms with E-state index in [-0.39, 0.29) is 18.0 Å². The number of rotatable bonds is 3. The van der Waals surface area contributed by atoms with Crippen LogP contribution in [0.2, 0.25) is 0 Å². The quantitative estimate of drug-likeness (QED) is 0.704. The molecule has 2 aromatic rings. The average molecular weight is 454 g/mol. The van der Waals surface area contributed by atoms with E-state index in [0.717, 1.165) is 23.6 Å². The highest BCUT2D eigenvalue weighted by Gasteiger charge is 2.58. The van der Waals surface area contributed by atoms with E-state index in [1.54, 1.807) is 30.3 Å². The lowest BCUT2D eigenvalue weighted by Crippen LogP contribution is -2.55. The van der Waals surface area contributed by atoms with Crippen molar-refractivity contribution >= 4 is 41.1 Å². The second-order valence-electron chi connectivity index (χ2n) is 7.17. The molecule has 158 valence electrons. The number of thioether (sulfide) groups is 2. The molecule has 2 heterocycles. The summed E-state index contributed by atoms with van der Waals surface area (Å²) in [4.78, 5) is 27.1.